The molecule has 0 bridgehead atoms. The standard InChI is InChI=1S/C22H27ClN2O4S/c1-25-22(21(15-28-25)30(26,27)24-18-7-3-2-4-8-18)16-6-5-9-20(14-16)29-19-12-10-17(23)11-13-19/h5-6,9-14,18,21-22,24H,2-4,7-8,15H2,1H3/t21-,22-/m1/s1. The van der Waals surface area contributed by atoms with Crippen LogP contribution in [-0.2, 0) is 14.9 Å². The fourth-order valence-corrected chi connectivity index (χ4v) is 6.13. The van der Waals surface area contributed by atoms with E-state index in [-0.39, 0.29) is 12.6 Å². The molecule has 0 amide bonds. The molecule has 0 spiro atoms. The Morgan fingerprint density at radius 2 is 1.80 bits per heavy atom. The third kappa shape index (κ3) is 4.98. The maximum Gasteiger partial charge on any atom is 0.219 e. The molecule has 1 N–H and O–H groups in total. The van der Waals surface area contributed by atoms with Crippen LogP contribution in [0.5, 0.6) is 11.5 Å². The van der Waals surface area contributed by atoms with Crippen molar-refractivity contribution >= 4 is 21.6 Å². The fourth-order valence-electron chi connectivity index (χ4n) is 4.22. The Morgan fingerprint density at radius 1 is 1.07 bits per heavy atom. The highest BCUT2D eigenvalue weighted by Gasteiger charge is 2.44. The molecule has 0 unspecified atom stereocenters. The average molecular weight is 451 g/mol. The predicted octanol–water partition coefficient (Wildman–Crippen LogP) is 4.67. The van der Waals surface area contributed by atoms with Crippen molar-refractivity contribution in [2.45, 2.75) is 49.4 Å². The Morgan fingerprint density at radius 3 is 2.53 bits per heavy atom. The van der Waals surface area contributed by atoms with E-state index in [4.69, 9.17) is 21.2 Å². The summed E-state index contributed by atoms with van der Waals surface area (Å²) in [6.07, 6.45) is 5.12. The third-order valence-electron chi connectivity index (χ3n) is 5.77. The van der Waals surface area contributed by atoms with Gasteiger partial charge in [0.25, 0.3) is 0 Å². The summed E-state index contributed by atoms with van der Waals surface area (Å²) in [4.78, 5) is 5.64. The van der Waals surface area contributed by atoms with Crippen molar-refractivity contribution in [3.8, 4) is 11.5 Å². The Balaban J connectivity index is 1.54. The highest BCUT2D eigenvalue weighted by Crippen LogP contribution is 2.36. The SMILES string of the molecule is CN1OC[C@@H](S(=O)(=O)NC2CCCCC2)[C@H]1c1cccc(Oc2ccc(Cl)cc2)c1. The van der Waals surface area contributed by atoms with Crippen LogP contribution in [0.2, 0.25) is 5.02 Å². The van der Waals surface area contributed by atoms with Crippen LogP contribution in [0.3, 0.4) is 0 Å². The molecule has 1 aliphatic carbocycles. The highest BCUT2D eigenvalue weighted by molar-refractivity contribution is 7.90. The number of hydrogen-bond acceptors (Lipinski definition) is 5. The van der Waals surface area contributed by atoms with Gasteiger partial charge in [-0.25, -0.2) is 13.1 Å². The lowest BCUT2D eigenvalue weighted by Gasteiger charge is -2.27. The Bertz CT molecular complexity index is 961. The lowest BCUT2D eigenvalue weighted by molar-refractivity contribution is -0.110. The summed E-state index contributed by atoms with van der Waals surface area (Å²) >= 11 is 5.93. The number of benzene rings is 2. The van der Waals surface area contributed by atoms with Gasteiger partial charge < -0.3 is 4.74 Å². The monoisotopic (exact) mass is 450 g/mol. The van der Waals surface area contributed by atoms with Gasteiger partial charge >= 0.3 is 0 Å². The minimum absolute atomic E-state index is 0.0230. The highest BCUT2D eigenvalue weighted by atomic mass is 35.5. The smallest absolute Gasteiger partial charge is 0.219 e. The number of rotatable bonds is 6. The van der Waals surface area contributed by atoms with Crippen molar-refractivity contribution in [3.05, 3.63) is 59.1 Å². The topological polar surface area (TPSA) is 67.9 Å². The van der Waals surface area contributed by atoms with Gasteiger partial charge in [0.15, 0.2) is 0 Å². The zero-order chi connectivity index (χ0) is 21.1. The van der Waals surface area contributed by atoms with Crippen LogP contribution in [0.1, 0.15) is 43.7 Å². The molecule has 1 saturated heterocycles. The molecule has 0 radical (unpaired) electrons. The molecular weight excluding hydrogens is 424 g/mol. The van der Waals surface area contributed by atoms with Crippen molar-refractivity contribution in [2.24, 2.45) is 0 Å². The molecule has 2 aromatic rings. The first-order valence-corrected chi connectivity index (χ1v) is 12.2. The molecule has 2 aliphatic rings. The molecule has 6 nitrogen and oxygen atoms in total. The summed E-state index contributed by atoms with van der Waals surface area (Å²) in [5.41, 5.74) is 0.834. The van der Waals surface area contributed by atoms with Crippen LogP contribution >= 0.6 is 11.6 Å². The van der Waals surface area contributed by atoms with Crippen LogP contribution in [-0.4, -0.2) is 38.4 Å². The second kappa shape index (κ2) is 9.24. The minimum atomic E-state index is -3.54. The molecule has 1 aliphatic heterocycles. The van der Waals surface area contributed by atoms with Gasteiger partial charge in [-0.05, 0) is 54.8 Å². The van der Waals surface area contributed by atoms with Crippen LogP contribution < -0.4 is 9.46 Å². The van der Waals surface area contributed by atoms with Gasteiger partial charge in [0.05, 0.1) is 12.6 Å². The molecule has 2 atom stereocenters. The van der Waals surface area contributed by atoms with Crippen molar-refractivity contribution in [1.29, 1.82) is 0 Å². The summed E-state index contributed by atoms with van der Waals surface area (Å²) in [5.74, 6) is 1.29. The zero-order valence-corrected chi connectivity index (χ0v) is 18.5. The second-order valence-electron chi connectivity index (χ2n) is 7.95. The van der Waals surface area contributed by atoms with E-state index in [1.807, 2.05) is 24.3 Å². The van der Waals surface area contributed by atoms with Crippen LogP contribution in [0.25, 0.3) is 0 Å². The second-order valence-corrected chi connectivity index (χ2v) is 10.3. The predicted molar refractivity (Wildman–Crippen MR) is 117 cm³/mol. The van der Waals surface area contributed by atoms with E-state index in [9.17, 15) is 8.42 Å². The van der Waals surface area contributed by atoms with Gasteiger partial charge in [0.2, 0.25) is 10.0 Å². The van der Waals surface area contributed by atoms with E-state index in [2.05, 4.69) is 4.72 Å². The van der Waals surface area contributed by atoms with Gasteiger partial charge in [-0.2, -0.15) is 5.06 Å². The minimum Gasteiger partial charge on any atom is -0.457 e. The number of ether oxygens (including phenoxy) is 1. The number of hydrogen-bond donors (Lipinski definition) is 1. The number of hydroxylamine groups is 2. The average Bonchev–Trinajstić information content (AvgIpc) is 3.13. The van der Waals surface area contributed by atoms with E-state index in [1.165, 1.54) is 6.42 Å². The lowest BCUT2D eigenvalue weighted by atomic mass is 9.96. The molecule has 1 heterocycles. The fraction of sp³-hybridized carbons (Fsp3) is 0.455. The van der Waals surface area contributed by atoms with Gasteiger partial charge in [-0.3, -0.25) is 4.84 Å². The Hall–Kier alpha value is -1.64. The van der Waals surface area contributed by atoms with E-state index in [0.29, 0.717) is 16.5 Å². The van der Waals surface area contributed by atoms with Crippen molar-refractivity contribution in [1.82, 2.24) is 9.79 Å². The molecule has 2 aromatic carbocycles. The van der Waals surface area contributed by atoms with Crippen molar-refractivity contribution < 1.29 is 18.0 Å². The summed E-state index contributed by atoms with van der Waals surface area (Å²) in [5, 5.41) is 1.58. The number of nitrogens with zero attached hydrogens (tertiary/aromatic N) is 1. The van der Waals surface area contributed by atoms with Gasteiger partial charge in [0, 0.05) is 18.1 Å². The summed E-state index contributed by atoms with van der Waals surface area (Å²) in [6, 6.07) is 14.2. The summed E-state index contributed by atoms with van der Waals surface area (Å²) < 4.78 is 35.2. The molecule has 2 fully saturated rings. The van der Waals surface area contributed by atoms with E-state index in [1.54, 1.807) is 36.4 Å². The largest absolute Gasteiger partial charge is 0.457 e. The molecule has 0 aromatic heterocycles. The Labute approximate surface area is 183 Å². The van der Waals surface area contributed by atoms with Gasteiger partial charge in [-0.1, -0.05) is 43.0 Å². The first kappa shape index (κ1) is 21.6. The van der Waals surface area contributed by atoms with Crippen molar-refractivity contribution in [2.75, 3.05) is 13.7 Å². The number of halogens is 1. The first-order valence-electron chi connectivity index (χ1n) is 10.3. The zero-order valence-electron chi connectivity index (χ0n) is 17.0. The third-order valence-corrected chi connectivity index (χ3v) is 7.87. The quantitative estimate of drug-likeness (QED) is 0.692. The van der Waals surface area contributed by atoms with Crippen LogP contribution in [0.15, 0.2) is 48.5 Å². The van der Waals surface area contributed by atoms with Crippen LogP contribution in [0, 0.1) is 0 Å². The number of nitrogens with one attached hydrogen (secondary N) is 1. The maximum absolute atomic E-state index is 13.2. The summed E-state index contributed by atoms with van der Waals surface area (Å²) in [6.45, 7) is 0.130. The van der Waals surface area contributed by atoms with Crippen LogP contribution in [0.4, 0.5) is 0 Å². The molecule has 162 valence electrons. The lowest BCUT2D eigenvalue weighted by Crippen LogP contribution is -2.44. The van der Waals surface area contributed by atoms with Crippen molar-refractivity contribution in [3.63, 3.8) is 0 Å². The van der Waals surface area contributed by atoms with E-state index in [0.717, 1.165) is 31.2 Å². The first-order chi connectivity index (χ1) is 14.4. The molecular formula is C22H27ClN2O4S. The maximum atomic E-state index is 13.2. The molecule has 4 rings (SSSR count). The Kier molecular flexibility index (Phi) is 6.65. The van der Waals surface area contributed by atoms with Gasteiger partial charge in [0.1, 0.15) is 16.7 Å². The molecule has 30 heavy (non-hydrogen) atoms. The molecule has 1 saturated carbocycles. The van der Waals surface area contributed by atoms with E-state index < -0.39 is 21.3 Å². The van der Waals surface area contributed by atoms with E-state index >= 15 is 0 Å². The summed E-state index contributed by atoms with van der Waals surface area (Å²) in [7, 11) is -1.77. The normalized spacial score (nSPS) is 23.5. The molecule has 8 heteroatoms. The van der Waals surface area contributed by atoms with Gasteiger partial charge in [-0.15, -0.1) is 0 Å². The number of sulfonamides is 1.